The second kappa shape index (κ2) is 16.3. The molecule has 0 unspecified atom stereocenters. The highest BCUT2D eigenvalue weighted by Gasteiger charge is 2.10. The molecule has 0 saturated carbocycles. The van der Waals surface area contributed by atoms with Crippen molar-refractivity contribution in [2.75, 3.05) is 0 Å². The van der Waals surface area contributed by atoms with E-state index in [9.17, 15) is 0 Å². The monoisotopic (exact) mass is 707 g/mol. The van der Waals surface area contributed by atoms with Crippen molar-refractivity contribution in [2.24, 2.45) is 4.99 Å². The van der Waals surface area contributed by atoms with Gasteiger partial charge < -0.3 is 4.42 Å². The number of allylic oxidation sites excluding steroid dienone is 1. The van der Waals surface area contributed by atoms with E-state index in [-0.39, 0.29) is 0 Å². The topological polar surface area (TPSA) is 25.5 Å². The molecular weight excluding hydrogens is 667 g/mol. The van der Waals surface area contributed by atoms with E-state index >= 15 is 0 Å². The van der Waals surface area contributed by atoms with Crippen LogP contribution in [0.15, 0.2) is 216 Å². The van der Waals surface area contributed by atoms with Crippen molar-refractivity contribution in [3.63, 3.8) is 0 Å². The largest absolute Gasteiger partial charge is 0.456 e. The third kappa shape index (κ3) is 8.15. The number of fused-ring (bicyclic) bond motifs is 3. The Balaban J connectivity index is 0.000000158. The molecular formula is C53H41NO. The van der Waals surface area contributed by atoms with E-state index in [4.69, 9.17) is 4.42 Å². The van der Waals surface area contributed by atoms with Crippen LogP contribution in [-0.4, -0.2) is 6.72 Å². The quantitative estimate of drug-likeness (QED) is 0.144. The molecule has 8 aromatic carbocycles. The number of aryl methyl sites for hydroxylation is 1. The molecule has 0 saturated heterocycles. The average Bonchev–Trinajstić information content (AvgIpc) is 3.63. The van der Waals surface area contributed by atoms with E-state index in [1.54, 1.807) is 0 Å². The van der Waals surface area contributed by atoms with Gasteiger partial charge in [-0.05, 0) is 107 Å². The Labute approximate surface area is 323 Å². The van der Waals surface area contributed by atoms with Gasteiger partial charge in [0.2, 0.25) is 0 Å². The molecule has 9 aromatic rings. The van der Waals surface area contributed by atoms with Crippen LogP contribution in [0.4, 0.5) is 0 Å². The number of aliphatic imine (C=N–C) groups is 1. The van der Waals surface area contributed by atoms with Gasteiger partial charge in [-0.2, -0.15) is 0 Å². The fourth-order valence-corrected chi connectivity index (χ4v) is 7.02. The minimum absolute atomic E-state index is 0.785. The predicted octanol–water partition coefficient (Wildman–Crippen LogP) is 14.5. The van der Waals surface area contributed by atoms with Crippen LogP contribution >= 0.6 is 0 Å². The summed E-state index contributed by atoms with van der Waals surface area (Å²) in [6.07, 6.45) is 2.91. The van der Waals surface area contributed by atoms with Crippen molar-refractivity contribution in [2.45, 2.75) is 13.3 Å². The van der Waals surface area contributed by atoms with Gasteiger partial charge in [-0.3, -0.25) is 4.99 Å². The minimum Gasteiger partial charge on any atom is -0.456 e. The van der Waals surface area contributed by atoms with Gasteiger partial charge in [0.15, 0.2) is 0 Å². The molecule has 0 aliphatic rings. The summed E-state index contributed by atoms with van der Waals surface area (Å²) in [6.45, 7) is 5.91. The van der Waals surface area contributed by atoms with Gasteiger partial charge in [0.05, 0.1) is 5.70 Å². The van der Waals surface area contributed by atoms with Crippen molar-refractivity contribution in [1.82, 2.24) is 0 Å². The number of hydrogen-bond donors (Lipinski definition) is 0. The highest BCUT2D eigenvalue weighted by Crippen LogP contribution is 2.34. The molecule has 2 heteroatoms. The van der Waals surface area contributed by atoms with Gasteiger partial charge in [0, 0.05) is 16.3 Å². The van der Waals surface area contributed by atoms with E-state index in [0.29, 0.717) is 0 Å². The van der Waals surface area contributed by atoms with E-state index < -0.39 is 0 Å². The number of para-hydroxylation sites is 1. The summed E-state index contributed by atoms with van der Waals surface area (Å²) in [5.74, 6) is 0. The Hall–Kier alpha value is -7.03. The van der Waals surface area contributed by atoms with Crippen LogP contribution in [0.5, 0.6) is 0 Å². The van der Waals surface area contributed by atoms with Crippen LogP contribution in [0.1, 0.15) is 16.7 Å². The zero-order valence-corrected chi connectivity index (χ0v) is 30.9. The lowest BCUT2D eigenvalue weighted by atomic mass is 9.93. The fraction of sp³-hybridized carbons (Fsp3) is 0.0377. The molecule has 0 fully saturated rings. The van der Waals surface area contributed by atoms with Crippen molar-refractivity contribution in [3.05, 3.63) is 223 Å². The number of benzene rings is 8. The zero-order chi connectivity index (χ0) is 37.4. The van der Waals surface area contributed by atoms with Crippen molar-refractivity contribution >= 4 is 34.4 Å². The Morgan fingerprint density at radius 3 is 1.56 bits per heavy atom. The molecule has 0 amide bonds. The van der Waals surface area contributed by atoms with E-state index in [2.05, 4.69) is 201 Å². The second-order valence-electron chi connectivity index (χ2n) is 13.7. The van der Waals surface area contributed by atoms with Gasteiger partial charge in [-0.1, -0.05) is 175 Å². The molecule has 2 nitrogen and oxygen atoms in total. The minimum atomic E-state index is 0.785. The molecule has 0 bridgehead atoms. The summed E-state index contributed by atoms with van der Waals surface area (Å²) in [4.78, 5) is 4.28. The van der Waals surface area contributed by atoms with Crippen LogP contribution < -0.4 is 0 Å². The van der Waals surface area contributed by atoms with Gasteiger partial charge in [0.25, 0.3) is 0 Å². The summed E-state index contributed by atoms with van der Waals surface area (Å²) in [5.41, 5.74) is 16.1. The zero-order valence-electron chi connectivity index (χ0n) is 30.9. The maximum absolute atomic E-state index is 6.03. The Kier molecular flexibility index (Phi) is 10.4. The SMILES string of the molecule is C=N/C(=C\Cc1cccc(-c2ccccc2)c1)c1ccc2c(c1)oc1ccccc12.Cc1ccc(-c2cc(-c3ccccc3)cc(-c3ccccc3)c2)cc1. The van der Waals surface area contributed by atoms with Gasteiger partial charge >= 0.3 is 0 Å². The molecule has 9 rings (SSSR count). The molecule has 0 aliphatic heterocycles. The number of nitrogens with zero attached hydrogens (tertiary/aromatic N) is 1. The third-order valence-corrected chi connectivity index (χ3v) is 9.94. The average molecular weight is 708 g/mol. The van der Waals surface area contributed by atoms with E-state index in [0.717, 1.165) is 39.6 Å². The van der Waals surface area contributed by atoms with E-state index in [1.165, 1.54) is 55.6 Å². The van der Waals surface area contributed by atoms with E-state index in [1.807, 2.05) is 24.3 Å². The Bertz CT molecular complexity index is 2670. The number of rotatable bonds is 8. The summed E-state index contributed by atoms with van der Waals surface area (Å²) in [7, 11) is 0. The summed E-state index contributed by atoms with van der Waals surface area (Å²) >= 11 is 0. The lowest BCUT2D eigenvalue weighted by Crippen LogP contribution is -1.87. The van der Waals surface area contributed by atoms with Gasteiger partial charge in [-0.25, -0.2) is 0 Å². The molecule has 55 heavy (non-hydrogen) atoms. The molecule has 264 valence electrons. The first-order valence-corrected chi connectivity index (χ1v) is 18.7. The first-order chi connectivity index (χ1) is 27.1. The van der Waals surface area contributed by atoms with Crippen LogP contribution in [0.25, 0.3) is 72.1 Å². The Morgan fingerprint density at radius 1 is 0.455 bits per heavy atom. The first-order valence-electron chi connectivity index (χ1n) is 18.7. The van der Waals surface area contributed by atoms with Crippen LogP contribution in [0.3, 0.4) is 0 Å². The smallest absolute Gasteiger partial charge is 0.136 e. The molecule has 0 aliphatic carbocycles. The van der Waals surface area contributed by atoms with Crippen LogP contribution in [-0.2, 0) is 6.42 Å². The van der Waals surface area contributed by atoms with Crippen molar-refractivity contribution in [3.8, 4) is 44.5 Å². The molecule has 0 radical (unpaired) electrons. The number of hydrogen-bond acceptors (Lipinski definition) is 2. The molecule has 0 atom stereocenters. The lowest BCUT2D eigenvalue weighted by Gasteiger charge is -2.11. The normalized spacial score (nSPS) is 11.3. The van der Waals surface area contributed by atoms with Crippen LogP contribution in [0, 0.1) is 6.92 Å². The fourth-order valence-electron chi connectivity index (χ4n) is 7.02. The molecule has 0 spiro atoms. The van der Waals surface area contributed by atoms with Crippen LogP contribution in [0.2, 0.25) is 0 Å². The van der Waals surface area contributed by atoms with Gasteiger partial charge in [0.1, 0.15) is 11.2 Å². The maximum Gasteiger partial charge on any atom is 0.136 e. The van der Waals surface area contributed by atoms with Crippen molar-refractivity contribution in [1.29, 1.82) is 0 Å². The molecule has 1 heterocycles. The second-order valence-corrected chi connectivity index (χ2v) is 13.7. The lowest BCUT2D eigenvalue weighted by molar-refractivity contribution is 0.669. The predicted molar refractivity (Wildman–Crippen MR) is 234 cm³/mol. The number of furan rings is 1. The summed E-state index contributed by atoms with van der Waals surface area (Å²) in [6, 6.07) is 70.2. The highest BCUT2D eigenvalue weighted by molar-refractivity contribution is 6.05. The third-order valence-electron chi connectivity index (χ3n) is 9.94. The van der Waals surface area contributed by atoms with Crippen molar-refractivity contribution < 1.29 is 4.42 Å². The summed E-state index contributed by atoms with van der Waals surface area (Å²) < 4.78 is 6.03. The standard InChI is InChI=1S/C28H21NO.C25H20/c1-29-26(17-14-20-8-7-11-22(18-20)21-9-3-2-4-10-21)23-15-16-25-24-12-5-6-13-27(24)30-28(25)19-23;1-19-12-14-22(15-13-19)25-17-23(20-8-4-2-5-9-20)16-24(18-25)21-10-6-3-7-11-21/h2-13,15-19H,1,14H2;2-18H,1H3/b26-17-;. The maximum atomic E-state index is 6.03. The highest BCUT2D eigenvalue weighted by atomic mass is 16.3. The molecule has 1 aromatic heterocycles. The van der Waals surface area contributed by atoms with Gasteiger partial charge in [-0.15, -0.1) is 0 Å². The Morgan fingerprint density at radius 2 is 0.964 bits per heavy atom. The molecule has 0 N–H and O–H groups in total. The first kappa shape index (κ1) is 35.0. The summed E-state index contributed by atoms with van der Waals surface area (Å²) in [5, 5.41) is 2.25.